The molecule has 0 N–H and O–H groups in total. The molecular weight excluding hydrogens is 376 g/mol. The molecule has 0 bridgehead atoms. The Bertz CT molecular complexity index is 1070. The van der Waals surface area contributed by atoms with Crippen LogP contribution in [0.4, 0.5) is 0 Å². The number of ether oxygens (including phenoxy) is 1. The van der Waals surface area contributed by atoms with Gasteiger partial charge >= 0.3 is 0 Å². The maximum absolute atomic E-state index is 12.2. The van der Waals surface area contributed by atoms with Gasteiger partial charge in [0.1, 0.15) is 5.75 Å². The molecule has 1 aromatic heterocycles. The highest BCUT2D eigenvalue weighted by Gasteiger charge is 2.11. The maximum atomic E-state index is 12.2. The third-order valence-corrected chi connectivity index (χ3v) is 4.34. The summed E-state index contributed by atoms with van der Waals surface area (Å²) in [6.45, 7) is -0.0559. The summed E-state index contributed by atoms with van der Waals surface area (Å²) in [5.41, 5.74) is 2.19. The van der Waals surface area contributed by atoms with Crippen molar-refractivity contribution in [2.45, 2.75) is 0 Å². The second kappa shape index (κ2) is 8.06. The zero-order valence-corrected chi connectivity index (χ0v) is 15.5. The Morgan fingerprint density at radius 2 is 1.43 bits per heavy atom. The van der Waals surface area contributed by atoms with Crippen molar-refractivity contribution in [2.75, 3.05) is 6.61 Å². The molecule has 6 heteroatoms. The lowest BCUT2D eigenvalue weighted by Crippen LogP contribution is -2.11. The number of nitrogens with zero attached hydrogens (tertiary/aromatic N) is 2. The van der Waals surface area contributed by atoms with E-state index in [-0.39, 0.29) is 12.4 Å². The van der Waals surface area contributed by atoms with Crippen LogP contribution in [0, 0.1) is 0 Å². The van der Waals surface area contributed by atoms with Gasteiger partial charge in [-0.05, 0) is 60.7 Å². The van der Waals surface area contributed by atoms with Crippen molar-refractivity contribution in [3.63, 3.8) is 0 Å². The summed E-state index contributed by atoms with van der Waals surface area (Å²) in [6.07, 6.45) is 0. The number of aromatic nitrogens is 2. The lowest BCUT2D eigenvalue weighted by atomic mass is 10.1. The van der Waals surface area contributed by atoms with Crippen LogP contribution < -0.4 is 4.74 Å². The third-order valence-electron chi connectivity index (χ3n) is 4.08. The summed E-state index contributed by atoms with van der Waals surface area (Å²) in [6, 6.07) is 23.4. The summed E-state index contributed by atoms with van der Waals surface area (Å²) in [5.74, 6) is 1.34. The SMILES string of the molecule is O=C(COc1ccc(-c2nnc(-c3ccccc3)o2)cc1)c1ccc(Cl)cc1. The Balaban J connectivity index is 1.41. The van der Waals surface area contributed by atoms with Gasteiger partial charge in [0.15, 0.2) is 12.4 Å². The first-order chi connectivity index (χ1) is 13.7. The van der Waals surface area contributed by atoms with Crippen molar-refractivity contribution in [3.8, 4) is 28.7 Å². The number of carbonyl (C=O) groups excluding carboxylic acids is 1. The molecule has 0 spiro atoms. The van der Waals surface area contributed by atoms with E-state index in [4.69, 9.17) is 20.8 Å². The second-order valence-electron chi connectivity index (χ2n) is 6.02. The smallest absolute Gasteiger partial charge is 0.248 e. The topological polar surface area (TPSA) is 65.2 Å². The van der Waals surface area contributed by atoms with Crippen molar-refractivity contribution in [1.29, 1.82) is 0 Å². The van der Waals surface area contributed by atoms with E-state index in [1.54, 1.807) is 36.4 Å². The van der Waals surface area contributed by atoms with E-state index in [0.29, 0.717) is 28.1 Å². The quantitative estimate of drug-likeness (QED) is 0.417. The van der Waals surface area contributed by atoms with Crippen molar-refractivity contribution in [1.82, 2.24) is 10.2 Å². The molecule has 0 aliphatic heterocycles. The lowest BCUT2D eigenvalue weighted by Gasteiger charge is -2.06. The zero-order chi connectivity index (χ0) is 19.3. The van der Waals surface area contributed by atoms with E-state index in [1.165, 1.54) is 0 Å². The van der Waals surface area contributed by atoms with Crippen LogP contribution in [0.3, 0.4) is 0 Å². The van der Waals surface area contributed by atoms with Gasteiger partial charge in [0.2, 0.25) is 11.8 Å². The Morgan fingerprint density at radius 3 is 2.07 bits per heavy atom. The van der Waals surface area contributed by atoms with Gasteiger partial charge in [0.05, 0.1) is 0 Å². The Hall–Kier alpha value is -3.44. The van der Waals surface area contributed by atoms with Gasteiger partial charge in [0, 0.05) is 21.7 Å². The van der Waals surface area contributed by atoms with Crippen molar-refractivity contribution >= 4 is 17.4 Å². The average Bonchev–Trinajstić information content (AvgIpc) is 3.24. The summed E-state index contributed by atoms with van der Waals surface area (Å²) in [4.78, 5) is 12.2. The number of rotatable bonds is 6. The van der Waals surface area contributed by atoms with Crippen LogP contribution in [0.15, 0.2) is 83.3 Å². The van der Waals surface area contributed by atoms with E-state index in [2.05, 4.69) is 10.2 Å². The Morgan fingerprint density at radius 1 is 0.821 bits per heavy atom. The number of Topliss-reactive ketones (excluding diaryl/α,β-unsaturated/α-hetero) is 1. The second-order valence-corrected chi connectivity index (χ2v) is 6.46. The largest absolute Gasteiger partial charge is 0.485 e. The molecule has 138 valence electrons. The molecule has 5 nitrogen and oxygen atoms in total. The van der Waals surface area contributed by atoms with E-state index >= 15 is 0 Å². The van der Waals surface area contributed by atoms with Crippen LogP contribution in [-0.4, -0.2) is 22.6 Å². The van der Waals surface area contributed by atoms with Crippen LogP contribution >= 0.6 is 11.6 Å². The first-order valence-electron chi connectivity index (χ1n) is 8.60. The van der Waals surface area contributed by atoms with Crippen LogP contribution in [-0.2, 0) is 0 Å². The fourth-order valence-corrected chi connectivity index (χ4v) is 2.72. The minimum Gasteiger partial charge on any atom is -0.485 e. The van der Waals surface area contributed by atoms with Crippen LogP contribution in [0.5, 0.6) is 5.75 Å². The number of hydrogen-bond acceptors (Lipinski definition) is 5. The minimum atomic E-state index is -0.120. The van der Waals surface area contributed by atoms with Crippen molar-refractivity contribution < 1.29 is 13.9 Å². The highest BCUT2D eigenvalue weighted by Crippen LogP contribution is 2.25. The van der Waals surface area contributed by atoms with E-state index < -0.39 is 0 Å². The number of carbonyl (C=O) groups is 1. The molecule has 0 aliphatic rings. The van der Waals surface area contributed by atoms with Gasteiger partial charge in [0.25, 0.3) is 0 Å². The van der Waals surface area contributed by atoms with E-state index in [9.17, 15) is 4.79 Å². The number of ketones is 1. The fraction of sp³-hybridized carbons (Fsp3) is 0.0455. The lowest BCUT2D eigenvalue weighted by molar-refractivity contribution is 0.0921. The molecule has 0 amide bonds. The molecule has 0 saturated heterocycles. The summed E-state index contributed by atoms with van der Waals surface area (Å²) >= 11 is 5.83. The summed E-state index contributed by atoms with van der Waals surface area (Å²) in [5, 5.41) is 8.76. The van der Waals surface area contributed by atoms with Crippen LogP contribution in [0.1, 0.15) is 10.4 Å². The van der Waals surface area contributed by atoms with Crippen molar-refractivity contribution in [2.24, 2.45) is 0 Å². The molecule has 4 aromatic rings. The van der Waals surface area contributed by atoms with E-state index in [1.807, 2.05) is 42.5 Å². The van der Waals surface area contributed by atoms with Crippen LogP contribution in [0.25, 0.3) is 22.9 Å². The number of benzene rings is 3. The van der Waals surface area contributed by atoms with Gasteiger partial charge < -0.3 is 9.15 Å². The molecule has 3 aromatic carbocycles. The molecule has 0 atom stereocenters. The minimum absolute atomic E-state index is 0.0559. The monoisotopic (exact) mass is 390 g/mol. The predicted molar refractivity (Wildman–Crippen MR) is 106 cm³/mol. The molecule has 0 fully saturated rings. The molecule has 0 radical (unpaired) electrons. The average molecular weight is 391 g/mol. The molecule has 1 heterocycles. The zero-order valence-electron chi connectivity index (χ0n) is 14.7. The fourth-order valence-electron chi connectivity index (χ4n) is 2.60. The number of hydrogen-bond donors (Lipinski definition) is 0. The normalized spacial score (nSPS) is 10.6. The predicted octanol–water partition coefficient (Wildman–Crippen LogP) is 5.32. The van der Waals surface area contributed by atoms with Gasteiger partial charge in [-0.3, -0.25) is 4.79 Å². The highest BCUT2D eigenvalue weighted by molar-refractivity contribution is 6.30. The molecule has 28 heavy (non-hydrogen) atoms. The van der Waals surface area contributed by atoms with Gasteiger partial charge in [-0.1, -0.05) is 29.8 Å². The van der Waals surface area contributed by atoms with Crippen molar-refractivity contribution in [3.05, 3.63) is 89.4 Å². The molecule has 0 aliphatic carbocycles. The van der Waals surface area contributed by atoms with E-state index in [0.717, 1.165) is 11.1 Å². The van der Waals surface area contributed by atoms with Crippen LogP contribution in [0.2, 0.25) is 5.02 Å². The molecule has 4 rings (SSSR count). The first kappa shape index (κ1) is 17.9. The molecule has 0 unspecified atom stereocenters. The molecular formula is C22H15ClN2O3. The van der Waals surface area contributed by atoms with Gasteiger partial charge in [-0.15, -0.1) is 10.2 Å². The Kier molecular flexibility index (Phi) is 5.17. The standard InChI is InChI=1S/C22H15ClN2O3/c23-18-10-6-15(7-11-18)20(26)14-27-19-12-8-17(9-13-19)22-25-24-21(28-22)16-4-2-1-3-5-16/h1-13H,14H2. The van der Waals surface area contributed by atoms with Gasteiger partial charge in [-0.2, -0.15) is 0 Å². The Labute approximate surface area is 166 Å². The number of halogens is 1. The highest BCUT2D eigenvalue weighted by atomic mass is 35.5. The first-order valence-corrected chi connectivity index (χ1v) is 8.98. The maximum Gasteiger partial charge on any atom is 0.248 e. The van der Waals surface area contributed by atoms with Gasteiger partial charge in [-0.25, -0.2) is 0 Å². The third kappa shape index (κ3) is 4.10. The summed E-state index contributed by atoms with van der Waals surface area (Å²) in [7, 11) is 0. The molecule has 0 saturated carbocycles. The summed E-state index contributed by atoms with van der Waals surface area (Å²) < 4.78 is 11.3.